The SMILES string of the molecule is CC1OC(O[C@H]2/C=C/C=C/C=C/C=C/C=C/C=C/C=C/[C@H](C)[C@@H](O)[C@@H](C)[C@H](C)OC(=O)CCC[C@H](O)CC[C@@H](O)[C@H](O)C[C@H](O)C[C@]3(O)C[C@H](O)C(C(=O)O)[C@H](C2)O3)C(O)C(N)C1O. The van der Waals surface area contributed by atoms with Crippen molar-refractivity contribution in [2.24, 2.45) is 23.5 Å². The van der Waals surface area contributed by atoms with Gasteiger partial charge in [-0.25, -0.2) is 0 Å². The van der Waals surface area contributed by atoms with E-state index in [2.05, 4.69) is 0 Å². The average Bonchev–Trinajstić information content (AvgIpc) is 3.22. The summed E-state index contributed by atoms with van der Waals surface area (Å²) in [5, 5.41) is 108. The Labute approximate surface area is 376 Å². The molecule has 12 N–H and O–H groups in total. The minimum absolute atomic E-state index is 0.0209. The minimum atomic E-state index is -2.29. The Bertz CT molecular complexity index is 1630. The Balaban J connectivity index is 1.84. The van der Waals surface area contributed by atoms with Crippen molar-refractivity contribution < 1.29 is 79.6 Å². The van der Waals surface area contributed by atoms with E-state index in [-0.39, 0.29) is 50.4 Å². The maximum Gasteiger partial charge on any atom is 0.311 e. The first-order valence-electron chi connectivity index (χ1n) is 22.2. The van der Waals surface area contributed by atoms with Gasteiger partial charge in [0.25, 0.3) is 0 Å². The van der Waals surface area contributed by atoms with Gasteiger partial charge in [-0.1, -0.05) is 98.9 Å². The van der Waals surface area contributed by atoms with Gasteiger partial charge in [0, 0.05) is 43.9 Å². The zero-order valence-electron chi connectivity index (χ0n) is 37.3. The highest BCUT2D eigenvalue weighted by Crippen LogP contribution is 2.38. The minimum Gasteiger partial charge on any atom is -0.481 e. The van der Waals surface area contributed by atoms with Crippen LogP contribution in [0, 0.1) is 17.8 Å². The molecule has 3 aliphatic heterocycles. The Hall–Kier alpha value is -3.40. The second-order valence-electron chi connectivity index (χ2n) is 17.4. The molecular weight excluding hydrogens is 835 g/mol. The molecular formula is C47H73NO16. The Morgan fingerprint density at radius 2 is 1.27 bits per heavy atom. The number of aliphatic hydroxyl groups is 9. The number of aliphatic carboxylic acids is 1. The zero-order chi connectivity index (χ0) is 47.6. The number of rotatable bonds is 3. The van der Waals surface area contributed by atoms with Gasteiger partial charge in [-0.3, -0.25) is 9.59 Å². The van der Waals surface area contributed by atoms with Crippen LogP contribution < -0.4 is 5.73 Å². The Kier molecular flexibility index (Phi) is 23.4. The molecule has 0 aromatic rings. The summed E-state index contributed by atoms with van der Waals surface area (Å²) in [6.07, 6.45) is 7.41. The first kappa shape index (κ1) is 54.9. The van der Waals surface area contributed by atoms with Crippen molar-refractivity contribution in [3.05, 3.63) is 85.1 Å². The van der Waals surface area contributed by atoms with Crippen LogP contribution >= 0.6 is 0 Å². The van der Waals surface area contributed by atoms with Gasteiger partial charge in [0.15, 0.2) is 12.1 Å². The maximum atomic E-state index is 12.6. The lowest BCUT2D eigenvalue weighted by molar-refractivity contribution is -0.308. The number of nitrogens with two attached hydrogens (primary N) is 1. The van der Waals surface area contributed by atoms with E-state index in [0.29, 0.717) is 0 Å². The van der Waals surface area contributed by atoms with Crippen molar-refractivity contribution in [1.82, 2.24) is 0 Å². The van der Waals surface area contributed by atoms with Gasteiger partial charge in [0.1, 0.15) is 18.1 Å². The number of carboxylic acids is 1. The lowest BCUT2D eigenvalue weighted by atomic mass is 9.82. The molecule has 3 rings (SSSR count). The molecule has 2 bridgehead atoms. The highest BCUT2D eigenvalue weighted by atomic mass is 16.7. The van der Waals surface area contributed by atoms with Gasteiger partial charge in [0.05, 0.1) is 67.1 Å². The van der Waals surface area contributed by atoms with E-state index in [0.717, 1.165) is 0 Å². The molecule has 17 nitrogen and oxygen atoms in total. The molecule has 6 unspecified atom stereocenters. The number of ether oxygens (including phenoxy) is 4. The summed E-state index contributed by atoms with van der Waals surface area (Å²) in [5.74, 6) is -6.36. The molecule has 3 aliphatic rings. The fraction of sp³-hybridized carbons (Fsp3) is 0.660. The van der Waals surface area contributed by atoms with E-state index in [1.54, 1.807) is 50.3 Å². The number of allylic oxidation sites excluding steroid dienone is 12. The summed E-state index contributed by atoms with van der Waals surface area (Å²) < 4.78 is 23.3. The fourth-order valence-corrected chi connectivity index (χ4v) is 7.90. The van der Waals surface area contributed by atoms with Crippen LogP contribution in [0.2, 0.25) is 0 Å². The molecule has 0 amide bonds. The summed E-state index contributed by atoms with van der Waals surface area (Å²) in [6.45, 7) is 6.92. The number of fused-ring (bicyclic) bond motifs is 2. The van der Waals surface area contributed by atoms with Crippen LogP contribution in [0.3, 0.4) is 0 Å². The smallest absolute Gasteiger partial charge is 0.311 e. The van der Waals surface area contributed by atoms with Crippen LogP contribution in [0.5, 0.6) is 0 Å². The quantitative estimate of drug-likeness (QED) is 0.180. The molecule has 0 aliphatic carbocycles. The molecule has 17 heteroatoms. The third-order valence-electron chi connectivity index (χ3n) is 12.0. The third kappa shape index (κ3) is 18.1. The predicted octanol–water partition coefficient (Wildman–Crippen LogP) is 1.74. The first-order chi connectivity index (χ1) is 30.2. The van der Waals surface area contributed by atoms with Crippen molar-refractivity contribution >= 4 is 11.9 Å². The predicted molar refractivity (Wildman–Crippen MR) is 236 cm³/mol. The number of carboxylic acid groups (broad SMARTS) is 1. The van der Waals surface area contributed by atoms with Crippen molar-refractivity contribution in [2.75, 3.05) is 0 Å². The summed E-state index contributed by atoms with van der Waals surface area (Å²) in [7, 11) is 0. The summed E-state index contributed by atoms with van der Waals surface area (Å²) in [5.41, 5.74) is 6.02. The van der Waals surface area contributed by atoms with Gasteiger partial charge >= 0.3 is 11.9 Å². The number of esters is 1. The lowest BCUT2D eigenvalue weighted by Gasteiger charge is -2.45. The van der Waals surface area contributed by atoms with E-state index in [4.69, 9.17) is 24.7 Å². The number of hydrogen-bond acceptors (Lipinski definition) is 16. The fourth-order valence-electron chi connectivity index (χ4n) is 7.90. The number of aliphatic hydroxyl groups excluding tert-OH is 8. The molecule has 0 radical (unpaired) electrons. The first-order valence-corrected chi connectivity index (χ1v) is 22.2. The molecule has 2 saturated heterocycles. The molecule has 3 heterocycles. The molecule has 2 fully saturated rings. The normalized spacial score (nSPS) is 44.8. The van der Waals surface area contributed by atoms with Gasteiger partial charge < -0.3 is 75.7 Å². The standard InChI is InChI=1S/C47H73NO16/c1-28-18-15-13-11-9-7-5-6-8-10-12-14-16-20-34(63-46-44(57)41(48)43(56)31(4)62-46)25-38-40(45(58)59)37(53)27-47(60,64-38)26-33(50)24-36(52)35(51)23-22-32(49)19-17-21-39(54)61-30(3)29(2)42(28)55/h5-16,18,20,28-38,40-44,46,49-53,55-57,60H,17,19,21-27,48H2,1-4H3,(H,58,59)/b6-5+,9-7+,10-8+,13-11+,14-12+,18-15+,20-16+/t28-,29-,30-,31?,32-,33-,34-,35+,36+,37-,38-,40?,41?,42+,43?,44?,46?,47+/m0/s1. The Morgan fingerprint density at radius 3 is 1.86 bits per heavy atom. The van der Waals surface area contributed by atoms with Crippen LogP contribution in [0.15, 0.2) is 85.1 Å². The van der Waals surface area contributed by atoms with Gasteiger partial charge in [-0.2, -0.15) is 0 Å². The summed E-state index contributed by atoms with van der Waals surface area (Å²) >= 11 is 0. The second kappa shape index (κ2) is 27.3. The van der Waals surface area contributed by atoms with E-state index in [1.165, 1.54) is 13.0 Å². The van der Waals surface area contributed by atoms with Crippen LogP contribution in [-0.2, 0) is 28.5 Å². The highest BCUT2D eigenvalue weighted by molar-refractivity contribution is 5.71. The third-order valence-corrected chi connectivity index (χ3v) is 12.0. The lowest BCUT2D eigenvalue weighted by Crippen LogP contribution is -2.61. The summed E-state index contributed by atoms with van der Waals surface area (Å²) in [6, 6.07) is -1.14. The van der Waals surface area contributed by atoms with Crippen LogP contribution in [0.25, 0.3) is 0 Å². The average molecular weight is 908 g/mol. The molecule has 0 saturated carbocycles. The van der Waals surface area contributed by atoms with Crippen molar-refractivity contribution in [2.45, 2.75) is 177 Å². The number of cyclic esters (lactones) is 1. The van der Waals surface area contributed by atoms with Gasteiger partial charge in [-0.15, -0.1) is 0 Å². The van der Waals surface area contributed by atoms with E-state index in [9.17, 15) is 60.7 Å². The number of carbonyl (C=O) groups excluding carboxylic acids is 1. The van der Waals surface area contributed by atoms with Crippen LogP contribution in [0.1, 0.15) is 85.5 Å². The number of hydrogen-bond donors (Lipinski definition) is 11. The van der Waals surface area contributed by atoms with Crippen molar-refractivity contribution in [1.29, 1.82) is 0 Å². The monoisotopic (exact) mass is 907 g/mol. The molecule has 0 spiro atoms. The number of carbonyl (C=O) groups is 2. The molecule has 0 aromatic heterocycles. The van der Waals surface area contributed by atoms with Crippen molar-refractivity contribution in [3.8, 4) is 0 Å². The molecule has 362 valence electrons. The van der Waals surface area contributed by atoms with Gasteiger partial charge in [-0.05, 0) is 39.5 Å². The van der Waals surface area contributed by atoms with Crippen LogP contribution in [0.4, 0.5) is 0 Å². The molecule has 0 aromatic carbocycles. The van der Waals surface area contributed by atoms with Crippen molar-refractivity contribution in [3.63, 3.8) is 0 Å². The van der Waals surface area contributed by atoms with E-state index >= 15 is 0 Å². The largest absolute Gasteiger partial charge is 0.481 e. The van der Waals surface area contributed by atoms with Crippen LogP contribution in [-0.4, -0.2) is 154 Å². The second-order valence-corrected chi connectivity index (χ2v) is 17.4. The van der Waals surface area contributed by atoms with Gasteiger partial charge in [0.2, 0.25) is 0 Å². The Morgan fingerprint density at radius 1 is 0.688 bits per heavy atom. The van der Waals surface area contributed by atoms with E-state index < -0.39 is 128 Å². The zero-order valence-corrected chi connectivity index (χ0v) is 37.3. The topological polar surface area (TPSA) is 299 Å². The molecule has 18 atom stereocenters. The van der Waals surface area contributed by atoms with E-state index in [1.807, 2.05) is 49.5 Å². The maximum absolute atomic E-state index is 12.6. The molecule has 64 heavy (non-hydrogen) atoms. The summed E-state index contributed by atoms with van der Waals surface area (Å²) in [4.78, 5) is 25.0. The highest BCUT2D eigenvalue weighted by Gasteiger charge is 2.51.